The van der Waals surface area contributed by atoms with Crippen molar-refractivity contribution in [2.45, 2.75) is 39.5 Å². The second kappa shape index (κ2) is 10.3. The molecule has 172 valence electrons. The van der Waals surface area contributed by atoms with Crippen LogP contribution >= 0.6 is 0 Å². The van der Waals surface area contributed by atoms with Crippen LogP contribution in [0.5, 0.6) is 0 Å². The number of carbonyl (C=O) groups excluding carboxylic acids is 2. The zero-order valence-electron chi connectivity index (χ0n) is 18.9. The molecule has 4 rings (SSSR count). The molecule has 0 spiro atoms. The Labute approximate surface area is 193 Å². The fourth-order valence-corrected chi connectivity index (χ4v) is 3.58. The normalized spacial score (nSPS) is 12.9. The Kier molecular flexibility index (Phi) is 7.07. The average Bonchev–Trinajstić information content (AvgIpc) is 3.57. The number of hydrogen-bond donors (Lipinski definition) is 1. The Morgan fingerprint density at radius 3 is 2.27 bits per heavy atom. The number of nitrogens with zero attached hydrogens (tertiary/aromatic N) is 1. The number of aromatic nitrogens is 1. The van der Waals surface area contributed by atoms with Crippen molar-refractivity contribution in [3.05, 3.63) is 59.8 Å². The highest BCUT2D eigenvalue weighted by Crippen LogP contribution is 2.33. The molecule has 1 aliphatic carbocycles. The van der Waals surface area contributed by atoms with E-state index in [2.05, 4.69) is 10.5 Å². The van der Waals surface area contributed by atoms with Crippen LogP contribution in [0.4, 0.5) is 10.5 Å². The smallest absolute Gasteiger partial charge is 0.411 e. The lowest BCUT2D eigenvalue weighted by Gasteiger charge is -2.08. The molecule has 1 fully saturated rings. The first kappa shape index (κ1) is 22.6. The summed E-state index contributed by atoms with van der Waals surface area (Å²) in [5, 5.41) is 6.78. The minimum atomic E-state index is -0.497. The number of anilines is 1. The van der Waals surface area contributed by atoms with E-state index >= 15 is 0 Å². The van der Waals surface area contributed by atoms with Crippen LogP contribution in [-0.2, 0) is 20.7 Å². The molecule has 1 aromatic heterocycles. The third-order valence-electron chi connectivity index (χ3n) is 5.63. The second-order valence-corrected chi connectivity index (χ2v) is 8.22. The lowest BCUT2D eigenvalue weighted by atomic mass is 10.0. The first-order valence-corrected chi connectivity index (χ1v) is 11.3. The highest BCUT2D eigenvalue weighted by atomic mass is 16.5. The molecule has 1 heterocycles. The Hall–Kier alpha value is -3.61. The second-order valence-electron chi connectivity index (χ2n) is 8.22. The number of rotatable bonds is 9. The van der Waals surface area contributed by atoms with Crippen LogP contribution in [0.3, 0.4) is 0 Å². The van der Waals surface area contributed by atoms with E-state index in [1.807, 2.05) is 48.5 Å². The third kappa shape index (κ3) is 6.00. The summed E-state index contributed by atoms with van der Waals surface area (Å²) in [5.74, 6) is 0.967. The number of carbonyl (C=O) groups is 2. The lowest BCUT2D eigenvalue weighted by Crippen LogP contribution is -2.15. The lowest BCUT2D eigenvalue weighted by molar-refractivity contribution is -0.142. The minimum Gasteiger partial charge on any atom is -0.466 e. The molecule has 0 aliphatic heterocycles. The number of nitrogens with one attached hydrogen (secondary N) is 1. The van der Waals surface area contributed by atoms with Crippen molar-refractivity contribution in [3.63, 3.8) is 0 Å². The van der Waals surface area contributed by atoms with Crippen molar-refractivity contribution in [2.75, 3.05) is 18.5 Å². The van der Waals surface area contributed by atoms with Gasteiger partial charge in [0.15, 0.2) is 5.76 Å². The van der Waals surface area contributed by atoms with Gasteiger partial charge in [0, 0.05) is 5.56 Å². The Morgan fingerprint density at radius 1 is 1.00 bits per heavy atom. The maximum Gasteiger partial charge on any atom is 0.411 e. The molecule has 0 radical (unpaired) electrons. The van der Waals surface area contributed by atoms with Gasteiger partial charge in [-0.3, -0.25) is 10.1 Å². The van der Waals surface area contributed by atoms with Gasteiger partial charge in [0.25, 0.3) is 0 Å². The minimum absolute atomic E-state index is 0.229. The van der Waals surface area contributed by atoms with Gasteiger partial charge >= 0.3 is 12.1 Å². The van der Waals surface area contributed by atoms with E-state index < -0.39 is 6.09 Å². The Bertz CT molecular complexity index is 1100. The van der Waals surface area contributed by atoms with Gasteiger partial charge in [-0.1, -0.05) is 66.5 Å². The fraction of sp³-hybridized carbons (Fsp3) is 0.346. The zero-order chi connectivity index (χ0) is 23.2. The molecule has 1 aliphatic rings. The number of benzene rings is 2. The van der Waals surface area contributed by atoms with Gasteiger partial charge in [-0.05, 0) is 42.9 Å². The van der Waals surface area contributed by atoms with Crippen molar-refractivity contribution in [3.8, 4) is 22.5 Å². The van der Waals surface area contributed by atoms with Crippen LogP contribution in [0.25, 0.3) is 22.5 Å². The molecule has 0 bridgehead atoms. The predicted molar refractivity (Wildman–Crippen MR) is 125 cm³/mol. The fourth-order valence-electron chi connectivity index (χ4n) is 3.58. The highest BCUT2D eigenvalue weighted by Gasteiger charge is 2.22. The van der Waals surface area contributed by atoms with E-state index in [0.717, 1.165) is 28.7 Å². The zero-order valence-corrected chi connectivity index (χ0v) is 18.9. The van der Waals surface area contributed by atoms with Crippen LogP contribution in [0.15, 0.2) is 53.1 Å². The van der Waals surface area contributed by atoms with Gasteiger partial charge in [-0.15, -0.1) is 0 Å². The largest absolute Gasteiger partial charge is 0.466 e. The van der Waals surface area contributed by atoms with Crippen molar-refractivity contribution >= 4 is 17.7 Å². The van der Waals surface area contributed by atoms with Crippen molar-refractivity contribution in [2.24, 2.45) is 5.92 Å². The third-order valence-corrected chi connectivity index (χ3v) is 5.63. The molecule has 7 heteroatoms. The van der Waals surface area contributed by atoms with Crippen LogP contribution in [-0.4, -0.2) is 30.4 Å². The highest BCUT2D eigenvalue weighted by molar-refractivity contribution is 5.90. The SMILES string of the molecule is CCOC(=O)Cc1ccc(-c2ccc(-c3onc(C)c3NC(=O)OCCC3CC3)cc2)cc1. The number of esters is 1. The van der Waals surface area contributed by atoms with Crippen molar-refractivity contribution in [1.82, 2.24) is 5.16 Å². The molecule has 0 atom stereocenters. The van der Waals surface area contributed by atoms with Gasteiger partial charge in [-0.25, -0.2) is 4.79 Å². The van der Waals surface area contributed by atoms with Gasteiger partial charge in [0.05, 0.1) is 19.6 Å². The molecule has 33 heavy (non-hydrogen) atoms. The number of ether oxygens (including phenoxy) is 2. The number of aryl methyl sites for hydroxylation is 1. The Balaban J connectivity index is 1.41. The molecule has 1 N–H and O–H groups in total. The van der Waals surface area contributed by atoms with E-state index in [4.69, 9.17) is 14.0 Å². The summed E-state index contributed by atoms with van der Waals surface area (Å²) in [5.41, 5.74) is 4.86. The van der Waals surface area contributed by atoms with Crippen LogP contribution in [0.2, 0.25) is 0 Å². The standard InChI is InChI=1S/C26H28N2O5/c1-3-31-23(29)16-19-6-8-20(9-7-19)21-10-12-22(13-11-21)25-24(17(2)28-33-25)27-26(30)32-15-14-18-4-5-18/h6-13,18H,3-5,14-16H2,1-2H3,(H,27,30). The van der Waals surface area contributed by atoms with Crippen molar-refractivity contribution in [1.29, 1.82) is 0 Å². The molecule has 1 amide bonds. The van der Waals surface area contributed by atoms with Gasteiger partial charge in [-0.2, -0.15) is 0 Å². The van der Waals surface area contributed by atoms with Gasteiger partial charge in [0.1, 0.15) is 11.4 Å². The summed E-state index contributed by atoms with van der Waals surface area (Å²) < 4.78 is 15.8. The molecule has 0 saturated heterocycles. The van der Waals surface area contributed by atoms with E-state index in [0.29, 0.717) is 36.3 Å². The van der Waals surface area contributed by atoms with Crippen LogP contribution in [0.1, 0.15) is 37.4 Å². The van der Waals surface area contributed by atoms with E-state index in [1.165, 1.54) is 12.8 Å². The monoisotopic (exact) mass is 448 g/mol. The van der Waals surface area contributed by atoms with E-state index in [1.54, 1.807) is 13.8 Å². The molecule has 0 unspecified atom stereocenters. The van der Waals surface area contributed by atoms with Crippen molar-refractivity contribution < 1.29 is 23.6 Å². The van der Waals surface area contributed by atoms with E-state index in [-0.39, 0.29) is 12.4 Å². The molecule has 3 aromatic rings. The Morgan fingerprint density at radius 2 is 1.64 bits per heavy atom. The molecule has 2 aromatic carbocycles. The first-order chi connectivity index (χ1) is 16.0. The summed E-state index contributed by atoms with van der Waals surface area (Å²) in [6, 6.07) is 15.6. The van der Waals surface area contributed by atoms with Gasteiger partial charge in [0.2, 0.25) is 0 Å². The summed E-state index contributed by atoms with van der Waals surface area (Å²) in [6.07, 6.45) is 3.13. The molecule has 1 saturated carbocycles. The number of amides is 1. The maximum absolute atomic E-state index is 12.2. The molecule has 7 nitrogen and oxygen atoms in total. The first-order valence-electron chi connectivity index (χ1n) is 11.3. The quantitative estimate of drug-likeness (QED) is 0.418. The van der Waals surface area contributed by atoms with Gasteiger partial charge < -0.3 is 14.0 Å². The topological polar surface area (TPSA) is 90.7 Å². The summed E-state index contributed by atoms with van der Waals surface area (Å²) in [4.78, 5) is 23.8. The molecular weight excluding hydrogens is 420 g/mol. The maximum atomic E-state index is 12.2. The van der Waals surface area contributed by atoms with Crippen LogP contribution in [0, 0.1) is 12.8 Å². The predicted octanol–water partition coefficient (Wildman–Crippen LogP) is 5.77. The summed E-state index contributed by atoms with van der Waals surface area (Å²) in [6.45, 7) is 4.38. The number of hydrogen-bond acceptors (Lipinski definition) is 6. The van der Waals surface area contributed by atoms with Crippen LogP contribution < -0.4 is 5.32 Å². The molecular formula is C26H28N2O5. The average molecular weight is 449 g/mol. The summed E-state index contributed by atoms with van der Waals surface area (Å²) >= 11 is 0. The van der Waals surface area contributed by atoms with E-state index in [9.17, 15) is 9.59 Å². The summed E-state index contributed by atoms with van der Waals surface area (Å²) in [7, 11) is 0.